The van der Waals surface area contributed by atoms with E-state index in [1.807, 2.05) is 6.07 Å². The fraction of sp³-hybridized carbons (Fsp3) is 0.167. The average molecular weight is 216 g/mol. The van der Waals surface area contributed by atoms with E-state index < -0.39 is 6.10 Å². The van der Waals surface area contributed by atoms with E-state index in [0.29, 0.717) is 17.2 Å². The van der Waals surface area contributed by atoms with Gasteiger partial charge in [-0.3, -0.25) is 9.97 Å². The number of aromatic nitrogens is 2. The lowest BCUT2D eigenvalue weighted by Crippen LogP contribution is -1.95. The van der Waals surface area contributed by atoms with Crippen LogP contribution in [-0.4, -0.2) is 15.1 Å². The van der Waals surface area contributed by atoms with Gasteiger partial charge in [0.05, 0.1) is 24.2 Å². The Hall–Kier alpha value is -1.94. The summed E-state index contributed by atoms with van der Waals surface area (Å²) in [7, 11) is 0. The van der Waals surface area contributed by atoms with Crippen molar-refractivity contribution in [2.24, 2.45) is 0 Å². The number of pyridine rings is 2. The summed E-state index contributed by atoms with van der Waals surface area (Å²) in [6.45, 7) is 1.67. The van der Waals surface area contributed by atoms with Crippen molar-refractivity contribution >= 4 is 0 Å². The van der Waals surface area contributed by atoms with Gasteiger partial charge in [-0.15, -0.1) is 0 Å². The van der Waals surface area contributed by atoms with Crippen LogP contribution in [0.3, 0.4) is 0 Å². The summed E-state index contributed by atoms with van der Waals surface area (Å²) in [6.07, 6.45) is 4.33. The second-order valence-corrected chi connectivity index (χ2v) is 3.39. The van der Waals surface area contributed by atoms with Crippen molar-refractivity contribution in [1.29, 1.82) is 0 Å². The van der Waals surface area contributed by atoms with Crippen LogP contribution in [0.2, 0.25) is 0 Å². The second kappa shape index (κ2) is 4.72. The number of nitrogens with zero attached hydrogens (tertiary/aromatic N) is 2. The van der Waals surface area contributed by atoms with E-state index in [2.05, 4.69) is 9.97 Å². The Labute approximate surface area is 93.6 Å². The molecule has 4 nitrogen and oxygen atoms in total. The van der Waals surface area contributed by atoms with Crippen molar-refractivity contribution in [3.05, 3.63) is 48.5 Å². The summed E-state index contributed by atoms with van der Waals surface area (Å²) in [6, 6.07) is 7.11. The number of ether oxygens (including phenoxy) is 1. The van der Waals surface area contributed by atoms with Gasteiger partial charge in [0.15, 0.2) is 0 Å². The molecule has 0 fully saturated rings. The molecule has 0 aliphatic carbocycles. The molecule has 0 aliphatic rings. The molecule has 1 atom stereocenters. The van der Waals surface area contributed by atoms with E-state index in [1.54, 1.807) is 43.7 Å². The molecule has 2 aromatic heterocycles. The number of hydrogen-bond donors (Lipinski definition) is 1. The van der Waals surface area contributed by atoms with Gasteiger partial charge in [-0.2, -0.15) is 0 Å². The lowest BCUT2D eigenvalue weighted by molar-refractivity contribution is 0.194. The normalized spacial score (nSPS) is 12.1. The SMILES string of the molecule is C[C@H](O)c1ccc(Oc2cccnc2)cn1. The smallest absolute Gasteiger partial charge is 0.145 e. The van der Waals surface area contributed by atoms with E-state index in [1.165, 1.54) is 0 Å². The predicted octanol–water partition coefficient (Wildman–Crippen LogP) is 2.32. The lowest BCUT2D eigenvalue weighted by atomic mass is 10.2. The molecule has 1 N–H and O–H groups in total. The summed E-state index contributed by atoms with van der Waals surface area (Å²) in [5, 5.41) is 9.29. The molecule has 2 heterocycles. The second-order valence-electron chi connectivity index (χ2n) is 3.39. The van der Waals surface area contributed by atoms with E-state index in [-0.39, 0.29) is 0 Å². The van der Waals surface area contributed by atoms with Crippen LogP contribution in [0.15, 0.2) is 42.9 Å². The molecule has 0 amide bonds. The molecular weight excluding hydrogens is 204 g/mol. The Morgan fingerprint density at radius 2 is 2.00 bits per heavy atom. The van der Waals surface area contributed by atoms with Crippen LogP contribution >= 0.6 is 0 Å². The minimum Gasteiger partial charge on any atom is -0.454 e. The number of hydrogen-bond acceptors (Lipinski definition) is 4. The van der Waals surface area contributed by atoms with Crippen molar-refractivity contribution in [3.63, 3.8) is 0 Å². The third kappa shape index (κ3) is 2.55. The highest BCUT2D eigenvalue weighted by Gasteiger charge is 2.02. The minimum atomic E-state index is -0.563. The van der Waals surface area contributed by atoms with Crippen molar-refractivity contribution in [2.45, 2.75) is 13.0 Å². The van der Waals surface area contributed by atoms with Crippen LogP contribution in [0.25, 0.3) is 0 Å². The quantitative estimate of drug-likeness (QED) is 0.855. The van der Waals surface area contributed by atoms with E-state index in [9.17, 15) is 5.11 Å². The standard InChI is InChI=1S/C12H12N2O2/c1-9(15)12-5-4-11(8-14-12)16-10-3-2-6-13-7-10/h2-9,15H,1H3/t9-/m0/s1. The monoisotopic (exact) mass is 216 g/mol. The van der Waals surface area contributed by atoms with Crippen molar-refractivity contribution in [1.82, 2.24) is 9.97 Å². The minimum absolute atomic E-state index is 0.563. The predicted molar refractivity (Wildman–Crippen MR) is 59.2 cm³/mol. The molecule has 2 aromatic rings. The van der Waals surface area contributed by atoms with Gasteiger partial charge >= 0.3 is 0 Å². The summed E-state index contributed by atoms with van der Waals surface area (Å²) < 4.78 is 5.51. The van der Waals surface area contributed by atoms with Crippen LogP contribution in [-0.2, 0) is 0 Å². The van der Waals surface area contributed by atoms with Gasteiger partial charge in [-0.05, 0) is 31.2 Å². The van der Waals surface area contributed by atoms with Gasteiger partial charge in [0.25, 0.3) is 0 Å². The first kappa shape index (κ1) is 10.6. The average Bonchev–Trinajstić information content (AvgIpc) is 2.31. The molecule has 0 bridgehead atoms. The lowest BCUT2D eigenvalue weighted by Gasteiger charge is -2.06. The Kier molecular flexibility index (Phi) is 3.12. The van der Waals surface area contributed by atoms with Crippen molar-refractivity contribution in [2.75, 3.05) is 0 Å². The van der Waals surface area contributed by atoms with Gasteiger partial charge in [0.2, 0.25) is 0 Å². The van der Waals surface area contributed by atoms with E-state index in [4.69, 9.17) is 4.74 Å². The third-order valence-corrected chi connectivity index (χ3v) is 2.06. The zero-order chi connectivity index (χ0) is 11.4. The molecular formula is C12H12N2O2. The Morgan fingerprint density at radius 1 is 1.19 bits per heavy atom. The first-order valence-corrected chi connectivity index (χ1v) is 4.97. The number of aliphatic hydroxyl groups excluding tert-OH is 1. The van der Waals surface area contributed by atoms with Crippen LogP contribution in [0.4, 0.5) is 0 Å². The Morgan fingerprint density at radius 3 is 2.56 bits per heavy atom. The summed E-state index contributed by atoms with van der Waals surface area (Å²) in [4.78, 5) is 8.02. The Balaban J connectivity index is 2.11. The van der Waals surface area contributed by atoms with E-state index >= 15 is 0 Å². The van der Waals surface area contributed by atoms with Gasteiger partial charge < -0.3 is 9.84 Å². The van der Waals surface area contributed by atoms with Crippen LogP contribution < -0.4 is 4.74 Å². The first-order chi connectivity index (χ1) is 7.75. The summed E-state index contributed by atoms with van der Waals surface area (Å²) in [5.41, 5.74) is 0.624. The molecule has 0 aliphatic heterocycles. The van der Waals surface area contributed by atoms with Crippen LogP contribution in [0.5, 0.6) is 11.5 Å². The molecule has 0 radical (unpaired) electrons. The summed E-state index contributed by atoms with van der Waals surface area (Å²) in [5.74, 6) is 1.28. The highest BCUT2D eigenvalue weighted by molar-refractivity contribution is 5.27. The first-order valence-electron chi connectivity index (χ1n) is 4.97. The fourth-order valence-electron chi connectivity index (χ4n) is 1.24. The molecule has 0 spiro atoms. The molecule has 0 saturated heterocycles. The molecule has 0 aromatic carbocycles. The van der Waals surface area contributed by atoms with Gasteiger partial charge in [-0.25, -0.2) is 0 Å². The molecule has 82 valence electrons. The highest BCUT2D eigenvalue weighted by Crippen LogP contribution is 2.20. The molecule has 0 saturated carbocycles. The van der Waals surface area contributed by atoms with Gasteiger partial charge in [-0.1, -0.05) is 0 Å². The van der Waals surface area contributed by atoms with Crippen molar-refractivity contribution in [3.8, 4) is 11.5 Å². The molecule has 2 rings (SSSR count). The zero-order valence-corrected chi connectivity index (χ0v) is 8.87. The maximum atomic E-state index is 9.29. The molecule has 16 heavy (non-hydrogen) atoms. The van der Waals surface area contributed by atoms with E-state index in [0.717, 1.165) is 0 Å². The van der Waals surface area contributed by atoms with Gasteiger partial charge in [0, 0.05) is 6.20 Å². The highest BCUT2D eigenvalue weighted by atomic mass is 16.5. The number of rotatable bonds is 3. The Bertz CT molecular complexity index is 440. The van der Waals surface area contributed by atoms with Crippen LogP contribution in [0.1, 0.15) is 18.7 Å². The summed E-state index contributed by atoms with van der Waals surface area (Å²) >= 11 is 0. The largest absolute Gasteiger partial charge is 0.454 e. The zero-order valence-electron chi connectivity index (χ0n) is 8.87. The topological polar surface area (TPSA) is 55.2 Å². The van der Waals surface area contributed by atoms with Crippen molar-refractivity contribution < 1.29 is 9.84 Å². The fourth-order valence-corrected chi connectivity index (χ4v) is 1.24. The molecule has 4 heteroatoms. The van der Waals surface area contributed by atoms with Crippen LogP contribution in [0, 0.1) is 0 Å². The maximum absolute atomic E-state index is 9.29. The maximum Gasteiger partial charge on any atom is 0.145 e. The third-order valence-electron chi connectivity index (χ3n) is 2.06. The van der Waals surface area contributed by atoms with Gasteiger partial charge in [0.1, 0.15) is 11.5 Å². The number of aliphatic hydroxyl groups is 1. The molecule has 0 unspecified atom stereocenters.